The minimum Gasteiger partial charge on any atom is -0.229 e. The number of hydrogen-bond donors (Lipinski definition) is 1. The number of nitrogens with one attached hydrogen (secondary N) is 1. The molecule has 0 aromatic heterocycles. The fourth-order valence-corrected chi connectivity index (χ4v) is 8.42. The Kier molecular flexibility index (Phi) is 4.90. The molecule has 0 spiro atoms. The van der Waals surface area contributed by atoms with Crippen LogP contribution in [0.4, 0.5) is 0 Å². The Morgan fingerprint density at radius 2 is 1.67 bits per heavy atom. The van der Waals surface area contributed by atoms with Crippen molar-refractivity contribution in [3.8, 4) is 0 Å². The third kappa shape index (κ3) is 4.35. The molecule has 1 aliphatic heterocycles. The van der Waals surface area contributed by atoms with Crippen molar-refractivity contribution in [1.82, 2.24) is 4.72 Å². The van der Waals surface area contributed by atoms with Gasteiger partial charge in [0.1, 0.15) is 0 Å². The molecule has 0 unspecified atom stereocenters. The molecule has 2 rings (SSSR count). The van der Waals surface area contributed by atoms with E-state index in [0.29, 0.717) is 0 Å². The highest BCUT2D eigenvalue weighted by atomic mass is 32.2. The molecule has 136 valence electrons. The topological polar surface area (TPSA) is 114 Å². The fourth-order valence-electron chi connectivity index (χ4n) is 2.48. The Labute approximate surface area is 143 Å². The van der Waals surface area contributed by atoms with E-state index in [4.69, 9.17) is 0 Å². The zero-order valence-corrected chi connectivity index (χ0v) is 16.1. The smallest absolute Gasteiger partial charge is 0.229 e. The molecule has 1 saturated heterocycles. The summed E-state index contributed by atoms with van der Waals surface area (Å²) in [6.45, 7) is 5.03. The van der Waals surface area contributed by atoms with Crippen molar-refractivity contribution in [1.29, 1.82) is 0 Å². The summed E-state index contributed by atoms with van der Waals surface area (Å²) in [6, 6.07) is 5.01. The first-order valence-electron chi connectivity index (χ1n) is 7.31. The van der Waals surface area contributed by atoms with E-state index in [0.717, 1.165) is 6.07 Å². The maximum Gasteiger partial charge on any atom is 0.241 e. The van der Waals surface area contributed by atoms with Gasteiger partial charge in [-0.2, -0.15) is 0 Å². The highest BCUT2D eigenvalue weighted by molar-refractivity contribution is 7.96. The summed E-state index contributed by atoms with van der Waals surface area (Å²) < 4.78 is 75.4. The van der Waals surface area contributed by atoms with E-state index in [1.807, 2.05) is 0 Å². The van der Waals surface area contributed by atoms with Gasteiger partial charge in [-0.05, 0) is 45.4 Å². The Morgan fingerprint density at radius 1 is 1.08 bits per heavy atom. The summed E-state index contributed by atoms with van der Waals surface area (Å²) in [4.78, 5) is -0.347. The fraction of sp³-hybridized carbons (Fsp3) is 0.571. The molecule has 0 aliphatic carbocycles. The summed E-state index contributed by atoms with van der Waals surface area (Å²) in [5.74, 6) is -0.590. The molecule has 7 nitrogen and oxygen atoms in total. The van der Waals surface area contributed by atoms with Crippen LogP contribution in [0.2, 0.25) is 0 Å². The van der Waals surface area contributed by atoms with Crippen molar-refractivity contribution in [2.75, 3.05) is 11.5 Å². The van der Waals surface area contributed by atoms with Gasteiger partial charge in [0.25, 0.3) is 0 Å². The predicted molar refractivity (Wildman–Crippen MR) is 90.8 cm³/mol. The zero-order valence-electron chi connectivity index (χ0n) is 13.7. The highest BCUT2D eigenvalue weighted by Crippen LogP contribution is 2.27. The Hall–Kier alpha value is -0.970. The molecule has 1 aromatic rings. The summed E-state index contributed by atoms with van der Waals surface area (Å²) >= 11 is 0. The lowest BCUT2D eigenvalue weighted by Crippen LogP contribution is -2.40. The van der Waals surface area contributed by atoms with Crippen LogP contribution >= 0.6 is 0 Å². The van der Waals surface area contributed by atoms with Crippen LogP contribution in [0.3, 0.4) is 0 Å². The van der Waals surface area contributed by atoms with Crippen LogP contribution < -0.4 is 4.72 Å². The van der Waals surface area contributed by atoms with E-state index in [1.165, 1.54) is 18.2 Å². The van der Waals surface area contributed by atoms with E-state index in [9.17, 15) is 25.3 Å². The molecule has 10 heteroatoms. The van der Waals surface area contributed by atoms with Crippen LogP contribution in [0.5, 0.6) is 0 Å². The Morgan fingerprint density at radius 3 is 2.17 bits per heavy atom. The van der Waals surface area contributed by atoms with Gasteiger partial charge < -0.3 is 0 Å². The predicted octanol–water partition coefficient (Wildman–Crippen LogP) is 0.724. The van der Waals surface area contributed by atoms with Crippen LogP contribution in [0, 0.1) is 0 Å². The number of sulfonamides is 1. The van der Waals surface area contributed by atoms with Crippen molar-refractivity contribution in [3.05, 3.63) is 24.3 Å². The van der Waals surface area contributed by atoms with Crippen molar-refractivity contribution >= 4 is 29.7 Å². The second kappa shape index (κ2) is 6.08. The number of sulfone groups is 2. The molecular weight excluding hydrogens is 374 g/mol. The standard InChI is InChI=1S/C14H21NO6S3/c1-14(2,3)15-24(20,21)12-6-4-5-11(9-12)23(18,19)13-7-8-22(16,17)10-13/h4-6,9,13,15H,7-8,10H2,1-3H3/t13-/m1/s1. The molecule has 1 fully saturated rings. The third-order valence-corrected chi connectivity index (χ3v) is 9.44. The maximum atomic E-state index is 12.6. The molecule has 0 saturated carbocycles. The average molecular weight is 396 g/mol. The summed E-state index contributed by atoms with van der Waals surface area (Å²) in [5.41, 5.74) is -0.715. The van der Waals surface area contributed by atoms with Crippen LogP contribution in [-0.4, -0.2) is 47.5 Å². The Balaban J connectivity index is 2.41. The third-order valence-electron chi connectivity index (χ3n) is 3.51. The van der Waals surface area contributed by atoms with Crippen molar-refractivity contribution in [2.45, 2.75) is 47.8 Å². The van der Waals surface area contributed by atoms with E-state index in [-0.39, 0.29) is 22.0 Å². The second-order valence-corrected chi connectivity index (χ2v) is 13.0. The molecule has 0 radical (unpaired) electrons. The quantitative estimate of drug-likeness (QED) is 0.803. The molecule has 1 heterocycles. The van der Waals surface area contributed by atoms with Gasteiger partial charge in [-0.15, -0.1) is 0 Å². The van der Waals surface area contributed by atoms with E-state index >= 15 is 0 Å². The second-order valence-electron chi connectivity index (χ2n) is 6.90. The lowest BCUT2D eigenvalue weighted by Gasteiger charge is -2.20. The Bertz CT molecular complexity index is 940. The zero-order chi connectivity index (χ0) is 18.4. The first-order valence-corrected chi connectivity index (χ1v) is 12.2. The van der Waals surface area contributed by atoms with Crippen LogP contribution in [-0.2, 0) is 29.7 Å². The van der Waals surface area contributed by atoms with E-state index < -0.39 is 46.2 Å². The van der Waals surface area contributed by atoms with Gasteiger partial charge in [0.05, 0.1) is 26.5 Å². The lowest BCUT2D eigenvalue weighted by atomic mass is 10.1. The first-order chi connectivity index (χ1) is 10.7. The number of benzene rings is 1. The number of hydrogen-bond acceptors (Lipinski definition) is 6. The van der Waals surface area contributed by atoms with Crippen LogP contribution in [0.25, 0.3) is 0 Å². The molecule has 1 N–H and O–H groups in total. The first kappa shape index (κ1) is 19.4. The molecule has 24 heavy (non-hydrogen) atoms. The molecule has 0 amide bonds. The van der Waals surface area contributed by atoms with Gasteiger partial charge in [0.15, 0.2) is 19.7 Å². The van der Waals surface area contributed by atoms with Gasteiger partial charge in [-0.3, -0.25) is 0 Å². The van der Waals surface area contributed by atoms with Gasteiger partial charge in [0, 0.05) is 5.54 Å². The largest absolute Gasteiger partial charge is 0.241 e. The van der Waals surface area contributed by atoms with E-state index in [2.05, 4.69) is 4.72 Å². The van der Waals surface area contributed by atoms with Gasteiger partial charge >= 0.3 is 0 Å². The minimum atomic E-state index is -3.91. The monoisotopic (exact) mass is 395 g/mol. The lowest BCUT2D eigenvalue weighted by molar-refractivity contribution is 0.491. The molecule has 1 aliphatic rings. The van der Waals surface area contributed by atoms with Crippen molar-refractivity contribution in [3.63, 3.8) is 0 Å². The average Bonchev–Trinajstić information content (AvgIpc) is 2.77. The molecule has 0 bridgehead atoms. The summed E-state index contributed by atoms with van der Waals surface area (Å²) in [6.07, 6.45) is 0.0296. The van der Waals surface area contributed by atoms with Crippen molar-refractivity contribution < 1.29 is 25.3 Å². The maximum absolute atomic E-state index is 12.6. The van der Waals surface area contributed by atoms with Gasteiger partial charge in [0.2, 0.25) is 10.0 Å². The van der Waals surface area contributed by atoms with Gasteiger partial charge in [-0.1, -0.05) is 6.07 Å². The highest BCUT2D eigenvalue weighted by Gasteiger charge is 2.38. The van der Waals surface area contributed by atoms with Crippen LogP contribution in [0.15, 0.2) is 34.1 Å². The minimum absolute atomic E-state index is 0.0296. The number of rotatable bonds is 4. The molecule has 1 aromatic carbocycles. The summed E-state index contributed by atoms with van der Waals surface area (Å²) in [7, 11) is -11.1. The van der Waals surface area contributed by atoms with Gasteiger partial charge in [-0.25, -0.2) is 30.0 Å². The van der Waals surface area contributed by atoms with Crippen LogP contribution in [0.1, 0.15) is 27.2 Å². The normalized spacial score (nSPS) is 21.7. The SMILES string of the molecule is CC(C)(C)NS(=O)(=O)c1cccc(S(=O)(=O)[C@@H]2CCS(=O)(=O)C2)c1. The molecular formula is C14H21NO6S3. The summed E-state index contributed by atoms with van der Waals surface area (Å²) in [5, 5.41) is -1.03. The van der Waals surface area contributed by atoms with Crippen molar-refractivity contribution in [2.24, 2.45) is 0 Å². The molecule has 1 atom stereocenters. The van der Waals surface area contributed by atoms with E-state index in [1.54, 1.807) is 20.8 Å².